The quantitative estimate of drug-likeness (QED) is 0.878. The third kappa shape index (κ3) is 4.31. The molecule has 2 aromatic rings. The van der Waals surface area contributed by atoms with Gasteiger partial charge in [0.25, 0.3) is 0 Å². The fraction of sp³-hybridized carbons (Fsp3) is 0.133. The second kappa shape index (κ2) is 7.04. The lowest BCUT2D eigenvalue weighted by molar-refractivity contribution is -0.135. The van der Waals surface area contributed by atoms with E-state index in [0.717, 1.165) is 5.56 Å². The topological polar surface area (TPSA) is 82.5 Å². The molecule has 0 saturated carbocycles. The molecule has 0 spiro atoms. The molecule has 0 aliphatic carbocycles. The van der Waals surface area contributed by atoms with E-state index >= 15 is 0 Å². The van der Waals surface area contributed by atoms with E-state index in [0.29, 0.717) is 12.2 Å². The number of nitrogens with zero attached hydrogens (tertiary/aromatic N) is 2. The van der Waals surface area contributed by atoms with E-state index < -0.39 is 18.5 Å². The molecule has 0 saturated heterocycles. The molecule has 6 heteroatoms. The number of amides is 2. The molecule has 0 atom stereocenters. The molecule has 0 bridgehead atoms. The zero-order chi connectivity index (χ0) is 15.1. The lowest BCUT2D eigenvalue weighted by Gasteiger charge is -2.21. The van der Waals surface area contributed by atoms with Crippen molar-refractivity contribution in [2.75, 3.05) is 11.4 Å². The number of hydrogen-bond donors (Lipinski definition) is 2. The number of para-hydroxylation sites is 1. The van der Waals surface area contributed by atoms with Gasteiger partial charge >= 0.3 is 12.0 Å². The number of carboxylic acid groups (broad SMARTS) is 1. The summed E-state index contributed by atoms with van der Waals surface area (Å²) in [6.07, 6.45) is 3.27. The molecule has 2 amide bonds. The highest BCUT2D eigenvalue weighted by Crippen LogP contribution is 2.13. The second-order valence-electron chi connectivity index (χ2n) is 4.33. The van der Waals surface area contributed by atoms with Crippen LogP contribution in [0.3, 0.4) is 0 Å². The van der Waals surface area contributed by atoms with Gasteiger partial charge in [0.05, 0.1) is 0 Å². The summed E-state index contributed by atoms with van der Waals surface area (Å²) < 4.78 is 0. The summed E-state index contributed by atoms with van der Waals surface area (Å²) in [5, 5.41) is 11.6. The Morgan fingerprint density at radius 3 is 2.38 bits per heavy atom. The third-order valence-corrected chi connectivity index (χ3v) is 2.80. The minimum absolute atomic E-state index is 0.310. The van der Waals surface area contributed by atoms with Crippen LogP contribution in [-0.4, -0.2) is 28.6 Å². The summed E-state index contributed by atoms with van der Waals surface area (Å²) in [5.41, 5.74) is 1.42. The van der Waals surface area contributed by atoms with E-state index in [1.807, 2.05) is 0 Å². The van der Waals surface area contributed by atoms with Gasteiger partial charge in [0.1, 0.15) is 6.54 Å². The maximum absolute atomic E-state index is 12.2. The Bertz CT molecular complexity index is 602. The van der Waals surface area contributed by atoms with Gasteiger partial charge < -0.3 is 10.4 Å². The summed E-state index contributed by atoms with van der Waals surface area (Å²) in [6.45, 7) is -0.0868. The summed E-state index contributed by atoms with van der Waals surface area (Å²) >= 11 is 0. The summed E-state index contributed by atoms with van der Waals surface area (Å²) in [6, 6.07) is 11.8. The number of carboxylic acids is 1. The van der Waals surface area contributed by atoms with Crippen LogP contribution in [0.15, 0.2) is 54.9 Å². The lowest BCUT2D eigenvalue weighted by Crippen LogP contribution is -2.42. The van der Waals surface area contributed by atoms with Crippen LogP contribution in [0.4, 0.5) is 10.5 Å². The van der Waals surface area contributed by atoms with Crippen LogP contribution in [0.5, 0.6) is 0 Å². The van der Waals surface area contributed by atoms with Gasteiger partial charge in [-0.2, -0.15) is 0 Å². The zero-order valence-electron chi connectivity index (χ0n) is 11.3. The molecule has 2 rings (SSSR count). The maximum Gasteiger partial charge on any atom is 0.323 e. The molecule has 1 aromatic heterocycles. The molecule has 108 valence electrons. The fourth-order valence-electron chi connectivity index (χ4n) is 1.80. The Hall–Kier alpha value is -2.89. The van der Waals surface area contributed by atoms with Gasteiger partial charge in [-0.05, 0) is 29.8 Å². The van der Waals surface area contributed by atoms with Crippen LogP contribution < -0.4 is 10.2 Å². The summed E-state index contributed by atoms with van der Waals surface area (Å²) in [4.78, 5) is 28.2. The van der Waals surface area contributed by atoms with Crippen molar-refractivity contribution >= 4 is 17.7 Å². The molecule has 0 unspecified atom stereocenters. The number of nitrogens with one attached hydrogen (secondary N) is 1. The van der Waals surface area contributed by atoms with Crippen molar-refractivity contribution in [2.45, 2.75) is 6.54 Å². The smallest absolute Gasteiger partial charge is 0.323 e. The average molecular weight is 285 g/mol. The monoisotopic (exact) mass is 285 g/mol. The highest BCUT2D eigenvalue weighted by Gasteiger charge is 2.18. The first-order valence-corrected chi connectivity index (χ1v) is 6.38. The molecule has 0 fully saturated rings. The Balaban J connectivity index is 2.06. The number of carbonyl (C=O) groups excluding carboxylic acids is 1. The number of hydrogen-bond acceptors (Lipinski definition) is 3. The second-order valence-corrected chi connectivity index (χ2v) is 4.33. The number of benzene rings is 1. The normalized spacial score (nSPS) is 9.90. The molecule has 0 radical (unpaired) electrons. The Kier molecular flexibility index (Phi) is 4.87. The first-order valence-electron chi connectivity index (χ1n) is 6.38. The van der Waals surface area contributed by atoms with E-state index in [-0.39, 0.29) is 0 Å². The standard InChI is InChI=1S/C15H15N3O3/c19-14(20)11-18(13-4-2-1-3-5-13)15(21)17-10-12-6-8-16-9-7-12/h1-9H,10-11H2,(H,17,21)(H,19,20). The van der Waals surface area contributed by atoms with Gasteiger partial charge in [0, 0.05) is 24.6 Å². The van der Waals surface area contributed by atoms with Gasteiger partial charge in [0.15, 0.2) is 0 Å². The summed E-state index contributed by atoms with van der Waals surface area (Å²) in [5.74, 6) is -1.07. The molecular formula is C15H15N3O3. The predicted octanol–water partition coefficient (Wildman–Crippen LogP) is 1.88. The van der Waals surface area contributed by atoms with Crippen molar-refractivity contribution in [3.8, 4) is 0 Å². The molecule has 21 heavy (non-hydrogen) atoms. The van der Waals surface area contributed by atoms with E-state index in [4.69, 9.17) is 5.11 Å². The van der Waals surface area contributed by atoms with Crippen LogP contribution in [0, 0.1) is 0 Å². The minimum atomic E-state index is -1.07. The largest absolute Gasteiger partial charge is 0.480 e. The first kappa shape index (κ1) is 14.5. The lowest BCUT2D eigenvalue weighted by atomic mass is 10.2. The molecule has 6 nitrogen and oxygen atoms in total. The molecule has 1 aromatic carbocycles. The van der Waals surface area contributed by atoms with Crippen molar-refractivity contribution < 1.29 is 14.7 Å². The summed E-state index contributed by atoms with van der Waals surface area (Å²) in [7, 11) is 0. The van der Waals surface area contributed by atoms with Gasteiger partial charge in [0.2, 0.25) is 0 Å². The number of pyridine rings is 1. The first-order chi connectivity index (χ1) is 10.2. The zero-order valence-corrected chi connectivity index (χ0v) is 11.3. The van der Waals surface area contributed by atoms with Crippen LogP contribution in [0.25, 0.3) is 0 Å². The highest BCUT2D eigenvalue weighted by molar-refractivity contribution is 5.96. The number of rotatable bonds is 5. The SMILES string of the molecule is O=C(O)CN(C(=O)NCc1ccncc1)c1ccccc1. The highest BCUT2D eigenvalue weighted by atomic mass is 16.4. The number of aliphatic carboxylic acids is 1. The Labute approximate surface area is 122 Å². The predicted molar refractivity (Wildman–Crippen MR) is 77.9 cm³/mol. The van der Waals surface area contributed by atoms with Crippen molar-refractivity contribution in [1.82, 2.24) is 10.3 Å². The average Bonchev–Trinajstić information content (AvgIpc) is 2.52. The molecule has 2 N–H and O–H groups in total. The minimum Gasteiger partial charge on any atom is -0.480 e. The van der Waals surface area contributed by atoms with Crippen molar-refractivity contribution in [3.63, 3.8) is 0 Å². The van der Waals surface area contributed by atoms with Crippen molar-refractivity contribution in [3.05, 3.63) is 60.4 Å². The van der Waals surface area contributed by atoms with E-state index in [2.05, 4.69) is 10.3 Å². The number of aromatic nitrogens is 1. The number of urea groups is 1. The Morgan fingerprint density at radius 2 is 1.76 bits per heavy atom. The fourth-order valence-corrected chi connectivity index (χ4v) is 1.80. The van der Waals surface area contributed by atoms with E-state index in [9.17, 15) is 9.59 Å². The van der Waals surface area contributed by atoms with Gasteiger partial charge in [-0.3, -0.25) is 14.7 Å². The molecule has 0 aliphatic rings. The van der Waals surface area contributed by atoms with Gasteiger partial charge in [-0.15, -0.1) is 0 Å². The van der Waals surface area contributed by atoms with Crippen molar-refractivity contribution in [2.24, 2.45) is 0 Å². The number of anilines is 1. The maximum atomic E-state index is 12.2. The molecular weight excluding hydrogens is 270 g/mol. The van der Waals surface area contributed by atoms with E-state index in [1.54, 1.807) is 54.9 Å². The number of carbonyl (C=O) groups is 2. The van der Waals surface area contributed by atoms with Gasteiger partial charge in [-0.1, -0.05) is 18.2 Å². The Morgan fingerprint density at radius 1 is 1.10 bits per heavy atom. The van der Waals surface area contributed by atoms with E-state index in [1.165, 1.54) is 4.90 Å². The molecule has 0 aliphatic heterocycles. The van der Waals surface area contributed by atoms with Crippen LogP contribution >= 0.6 is 0 Å². The third-order valence-electron chi connectivity index (χ3n) is 2.80. The van der Waals surface area contributed by atoms with Crippen LogP contribution in [0.2, 0.25) is 0 Å². The van der Waals surface area contributed by atoms with Crippen molar-refractivity contribution in [1.29, 1.82) is 0 Å². The molecule has 1 heterocycles. The van der Waals surface area contributed by atoms with Gasteiger partial charge in [-0.25, -0.2) is 4.79 Å². The van der Waals surface area contributed by atoms with Crippen LogP contribution in [-0.2, 0) is 11.3 Å². The van der Waals surface area contributed by atoms with Crippen LogP contribution in [0.1, 0.15) is 5.56 Å².